The topological polar surface area (TPSA) is 35.2 Å². The first-order valence-electron chi connectivity index (χ1n) is 6.13. The van der Waals surface area contributed by atoms with Crippen molar-refractivity contribution in [2.75, 3.05) is 0 Å². The third kappa shape index (κ3) is 4.22. The number of nitrogens with two attached hydrogens (primary N) is 1. The number of hydrogen-bond donors (Lipinski definition) is 1. The van der Waals surface area contributed by atoms with Crippen molar-refractivity contribution in [3.05, 3.63) is 63.6 Å². The Balaban J connectivity index is 2.33. The van der Waals surface area contributed by atoms with Gasteiger partial charge in [-0.25, -0.2) is 0 Å². The average Bonchev–Trinajstić information content (AvgIpc) is 2.39. The summed E-state index contributed by atoms with van der Waals surface area (Å²) >= 11 is 3.40. The molecule has 0 saturated heterocycles. The van der Waals surface area contributed by atoms with Crippen LogP contribution in [0.2, 0.25) is 0 Å². The van der Waals surface area contributed by atoms with E-state index in [1.54, 1.807) is 6.07 Å². The molecular formula is C15H13BrF3NO. The molecule has 112 valence electrons. The van der Waals surface area contributed by atoms with Crippen LogP contribution < -0.4 is 10.5 Å². The first-order valence-corrected chi connectivity index (χ1v) is 6.93. The SMILES string of the molecule is Cc1ccc(Br)c(C(N)c2cccc(OC(F)(F)F)c2)c1. The Bertz CT molecular complexity index is 643. The zero-order valence-corrected chi connectivity index (χ0v) is 12.7. The molecule has 2 nitrogen and oxygen atoms in total. The lowest BCUT2D eigenvalue weighted by atomic mass is 9.98. The first-order chi connectivity index (χ1) is 9.76. The Morgan fingerprint density at radius 1 is 1.14 bits per heavy atom. The number of benzene rings is 2. The number of aryl methyl sites for hydroxylation is 1. The van der Waals surface area contributed by atoms with Crippen molar-refractivity contribution in [2.24, 2.45) is 5.73 Å². The second-order valence-electron chi connectivity index (χ2n) is 4.62. The van der Waals surface area contributed by atoms with Crippen LogP contribution >= 0.6 is 15.9 Å². The highest BCUT2D eigenvalue weighted by atomic mass is 79.9. The predicted octanol–water partition coefficient (Wildman–Crippen LogP) is 4.70. The molecule has 0 radical (unpaired) electrons. The number of alkyl halides is 3. The Morgan fingerprint density at radius 2 is 1.86 bits per heavy atom. The van der Waals surface area contributed by atoms with Crippen LogP contribution in [0.5, 0.6) is 5.75 Å². The van der Waals surface area contributed by atoms with Gasteiger partial charge in [0.2, 0.25) is 0 Å². The van der Waals surface area contributed by atoms with E-state index in [9.17, 15) is 13.2 Å². The van der Waals surface area contributed by atoms with Gasteiger partial charge in [0.05, 0.1) is 6.04 Å². The largest absolute Gasteiger partial charge is 0.573 e. The molecule has 2 aromatic carbocycles. The fourth-order valence-electron chi connectivity index (χ4n) is 1.99. The van der Waals surface area contributed by atoms with Gasteiger partial charge in [0.25, 0.3) is 0 Å². The van der Waals surface area contributed by atoms with Crippen molar-refractivity contribution in [1.82, 2.24) is 0 Å². The molecule has 0 aliphatic heterocycles. The summed E-state index contributed by atoms with van der Waals surface area (Å²) < 4.78 is 41.5. The van der Waals surface area contributed by atoms with Gasteiger partial charge in [0.1, 0.15) is 5.75 Å². The molecular weight excluding hydrogens is 347 g/mol. The van der Waals surface area contributed by atoms with E-state index in [1.165, 1.54) is 18.2 Å². The van der Waals surface area contributed by atoms with Crippen molar-refractivity contribution in [2.45, 2.75) is 19.3 Å². The molecule has 0 heterocycles. The minimum Gasteiger partial charge on any atom is -0.406 e. The molecule has 21 heavy (non-hydrogen) atoms. The summed E-state index contributed by atoms with van der Waals surface area (Å²) in [7, 11) is 0. The summed E-state index contributed by atoms with van der Waals surface area (Å²) in [4.78, 5) is 0. The van der Waals surface area contributed by atoms with Gasteiger partial charge in [-0.3, -0.25) is 0 Å². The lowest BCUT2D eigenvalue weighted by molar-refractivity contribution is -0.274. The quantitative estimate of drug-likeness (QED) is 0.861. The van der Waals surface area contributed by atoms with Crippen LogP contribution in [0.25, 0.3) is 0 Å². The van der Waals surface area contributed by atoms with Crippen LogP contribution in [0.3, 0.4) is 0 Å². The Morgan fingerprint density at radius 3 is 2.52 bits per heavy atom. The summed E-state index contributed by atoms with van der Waals surface area (Å²) in [6.07, 6.45) is -4.72. The second-order valence-corrected chi connectivity index (χ2v) is 5.48. The van der Waals surface area contributed by atoms with Gasteiger partial charge in [-0.1, -0.05) is 45.8 Å². The van der Waals surface area contributed by atoms with Crippen molar-refractivity contribution >= 4 is 15.9 Å². The molecule has 0 aliphatic carbocycles. The predicted molar refractivity (Wildman–Crippen MR) is 78.0 cm³/mol. The van der Waals surface area contributed by atoms with Crippen molar-refractivity contribution in [3.63, 3.8) is 0 Å². The van der Waals surface area contributed by atoms with Crippen LogP contribution in [-0.2, 0) is 0 Å². The molecule has 1 unspecified atom stereocenters. The van der Waals surface area contributed by atoms with Crippen molar-refractivity contribution in [1.29, 1.82) is 0 Å². The second kappa shape index (κ2) is 6.07. The maximum Gasteiger partial charge on any atom is 0.573 e. The molecule has 2 rings (SSSR count). The standard InChI is InChI=1S/C15H13BrF3NO/c1-9-5-6-13(16)12(7-9)14(20)10-3-2-4-11(8-10)21-15(17,18)19/h2-8,14H,20H2,1H3. The van der Waals surface area contributed by atoms with Crippen molar-refractivity contribution < 1.29 is 17.9 Å². The molecule has 6 heteroatoms. The number of ether oxygens (including phenoxy) is 1. The number of hydrogen-bond acceptors (Lipinski definition) is 2. The molecule has 2 aromatic rings. The van der Waals surface area contributed by atoms with Gasteiger partial charge >= 0.3 is 6.36 Å². The zero-order valence-electron chi connectivity index (χ0n) is 11.1. The Hall–Kier alpha value is -1.53. The van der Waals surface area contributed by atoms with Gasteiger partial charge in [0, 0.05) is 4.47 Å². The lowest BCUT2D eigenvalue weighted by Crippen LogP contribution is -2.18. The molecule has 0 saturated carbocycles. The average molecular weight is 360 g/mol. The number of rotatable bonds is 3. The van der Waals surface area contributed by atoms with E-state index in [-0.39, 0.29) is 5.75 Å². The summed E-state index contributed by atoms with van der Waals surface area (Å²) in [5.41, 5.74) is 8.52. The Labute approximate surface area is 128 Å². The van der Waals surface area contributed by atoms with Gasteiger partial charge in [-0.15, -0.1) is 13.2 Å². The smallest absolute Gasteiger partial charge is 0.406 e. The van der Waals surface area contributed by atoms with Crippen LogP contribution in [0.4, 0.5) is 13.2 Å². The van der Waals surface area contributed by atoms with E-state index in [4.69, 9.17) is 5.73 Å². The zero-order chi connectivity index (χ0) is 15.6. The van der Waals surface area contributed by atoms with E-state index in [1.807, 2.05) is 25.1 Å². The summed E-state index contributed by atoms with van der Waals surface area (Å²) in [5, 5.41) is 0. The monoisotopic (exact) mass is 359 g/mol. The maximum atomic E-state index is 12.3. The molecule has 0 amide bonds. The third-order valence-electron chi connectivity index (χ3n) is 2.94. The summed E-state index contributed by atoms with van der Waals surface area (Å²) in [6.45, 7) is 1.92. The fraction of sp³-hybridized carbons (Fsp3) is 0.200. The van der Waals surface area contributed by atoms with E-state index < -0.39 is 12.4 Å². The van der Waals surface area contributed by atoms with E-state index >= 15 is 0 Å². The van der Waals surface area contributed by atoms with Gasteiger partial charge in [-0.2, -0.15) is 0 Å². The van der Waals surface area contributed by atoms with Gasteiger partial charge in [-0.05, 0) is 36.2 Å². The highest BCUT2D eigenvalue weighted by molar-refractivity contribution is 9.10. The third-order valence-corrected chi connectivity index (χ3v) is 3.66. The molecule has 2 N–H and O–H groups in total. The Kier molecular flexibility index (Phi) is 4.58. The van der Waals surface area contributed by atoms with Crippen LogP contribution in [-0.4, -0.2) is 6.36 Å². The molecule has 0 bridgehead atoms. The molecule has 0 aromatic heterocycles. The maximum absolute atomic E-state index is 12.3. The van der Waals surface area contributed by atoms with Crippen LogP contribution in [0.1, 0.15) is 22.7 Å². The summed E-state index contributed by atoms with van der Waals surface area (Å²) in [6, 6.07) is 10.8. The summed E-state index contributed by atoms with van der Waals surface area (Å²) in [5.74, 6) is -0.278. The van der Waals surface area contributed by atoms with Gasteiger partial charge in [0.15, 0.2) is 0 Å². The van der Waals surface area contributed by atoms with Crippen LogP contribution in [0, 0.1) is 6.92 Å². The molecule has 1 atom stereocenters. The van der Waals surface area contributed by atoms with E-state index in [2.05, 4.69) is 20.7 Å². The highest BCUT2D eigenvalue weighted by Crippen LogP contribution is 2.30. The number of halogens is 4. The highest BCUT2D eigenvalue weighted by Gasteiger charge is 2.31. The van der Waals surface area contributed by atoms with E-state index in [0.717, 1.165) is 15.6 Å². The molecule has 0 fully saturated rings. The lowest BCUT2D eigenvalue weighted by Gasteiger charge is -2.17. The normalized spacial score (nSPS) is 13.0. The van der Waals surface area contributed by atoms with Crippen molar-refractivity contribution in [3.8, 4) is 5.75 Å². The first kappa shape index (κ1) is 15.9. The molecule has 0 aliphatic rings. The minimum atomic E-state index is -4.72. The minimum absolute atomic E-state index is 0.278. The molecule has 0 spiro atoms. The van der Waals surface area contributed by atoms with Crippen LogP contribution in [0.15, 0.2) is 46.9 Å². The van der Waals surface area contributed by atoms with Gasteiger partial charge < -0.3 is 10.5 Å². The van der Waals surface area contributed by atoms with E-state index in [0.29, 0.717) is 5.56 Å². The fourth-order valence-corrected chi connectivity index (χ4v) is 2.48.